The van der Waals surface area contributed by atoms with Crippen LogP contribution in [-0.4, -0.2) is 26.5 Å². The number of hydroxylamine groups is 1. The van der Waals surface area contributed by atoms with E-state index in [2.05, 4.69) is 26.2 Å². The van der Waals surface area contributed by atoms with Crippen LogP contribution in [0.3, 0.4) is 0 Å². The molecule has 4 nitrogen and oxygen atoms in total. The van der Waals surface area contributed by atoms with E-state index in [1.165, 1.54) is 7.11 Å². The summed E-state index contributed by atoms with van der Waals surface area (Å²) in [7, 11) is 1.50. The summed E-state index contributed by atoms with van der Waals surface area (Å²) in [6.07, 6.45) is -3.51. The summed E-state index contributed by atoms with van der Waals surface area (Å²) in [6.45, 7) is 1.29. The summed E-state index contributed by atoms with van der Waals surface area (Å²) in [4.78, 5) is 4.35. The van der Waals surface area contributed by atoms with E-state index in [4.69, 9.17) is 9.47 Å². The number of nitrogens with one attached hydrogen (secondary N) is 1. The average Bonchev–Trinajstić information content (AvgIpc) is 2.41. The molecule has 0 heterocycles. The van der Waals surface area contributed by atoms with Gasteiger partial charge in [0.25, 0.3) is 0 Å². The van der Waals surface area contributed by atoms with Gasteiger partial charge in [0.05, 0.1) is 18.2 Å². The second-order valence-corrected chi connectivity index (χ2v) is 5.04. The number of hydrogen-bond acceptors (Lipinski definition) is 4. The van der Waals surface area contributed by atoms with Crippen LogP contribution in [0.25, 0.3) is 0 Å². The summed E-state index contributed by atoms with van der Waals surface area (Å²) >= 11 is 3.36. The van der Waals surface area contributed by atoms with Crippen molar-refractivity contribution in [3.63, 3.8) is 0 Å². The number of ether oxygens (including phenoxy) is 2. The number of alkyl halides is 3. The lowest BCUT2D eigenvalue weighted by Gasteiger charge is -2.14. The van der Waals surface area contributed by atoms with E-state index in [0.717, 1.165) is 6.42 Å². The molecule has 0 amide bonds. The van der Waals surface area contributed by atoms with Crippen LogP contribution in [0.5, 0.6) is 11.5 Å². The van der Waals surface area contributed by atoms with Crippen molar-refractivity contribution in [2.45, 2.75) is 26.1 Å². The summed E-state index contributed by atoms with van der Waals surface area (Å²) < 4.78 is 47.2. The molecule has 0 aliphatic rings. The molecule has 1 aromatic carbocycles. The second-order valence-electron chi connectivity index (χ2n) is 4.18. The van der Waals surface area contributed by atoms with Gasteiger partial charge in [-0.3, -0.25) is 4.84 Å². The molecular weight excluding hydrogens is 355 g/mol. The molecule has 21 heavy (non-hydrogen) atoms. The van der Waals surface area contributed by atoms with Crippen LogP contribution < -0.4 is 15.0 Å². The Morgan fingerprint density at radius 2 is 2.00 bits per heavy atom. The molecular formula is C13H17BrF3NO3. The predicted octanol–water partition coefficient (Wildman–Crippen LogP) is 3.83. The summed E-state index contributed by atoms with van der Waals surface area (Å²) in [5, 5.41) is 0. The highest BCUT2D eigenvalue weighted by Gasteiger charge is 2.27. The van der Waals surface area contributed by atoms with Gasteiger partial charge in [-0.2, -0.15) is 18.7 Å². The van der Waals surface area contributed by atoms with Crippen molar-refractivity contribution in [1.82, 2.24) is 5.48 Å². The smallest absolute Gasteiger partial charge is 0.413 e. The monoisotopic (exact) mass is 371 g/mol. The molecule has 8 heteroatoms. The van der Waals surface area contributed by atoms with Gasteiger partial charge in [-0.1, -0.05) is 6.92 Å². The molecule has 0 saturated heterocycles. The highest BCUT2D eigenvalue weighted by atomic mass is 79.9. The zero-order valence-corrected chi connectivity index (χ0v) is 13.3. The number of halogens is 4. The Hall–Kier alpha value is -0.990. The van der Waals surface area contributed by atoms with E-state index in [1.807, 2.05) is 6.92 Å². The van der Waals surface area contributed by atoms with E-state index in [-0.39, 0.29) is 6.54 Å². The molecule has 120 valence electrons. The first-order valence-electron chi connectivity index (χ1n) is 6.28. The highest BCUT2D eigenvalue weighted by molar-refractivity contribution is 9.10. The van der Waals surface area contributed by atoms with Crippen molar-refractivity contribution >= 4 is 15.9 Å². The molecule has 1 N–H and O–H groups in total. The van der Waals surface area contributed by atoms with Crippen LogP contribution in [-0.2, 0) is 11.4 Å². The van der Waals surface area contributed by atoms with Gasteiger partial charge >= 0.3 is 6.18 Å². The quantitative estimate of drug-likeness (QED) is 0.556. The topological polar surface area (TPSA) is 39.7 Å². The maximum atomic E-state index is 11.9. The van der Waals surface area contributed by atoms with E-state index in [9.17, 15) is 13.2 Å². The van der Waals surface area contributed by atoms with Crippen molar-refractivity contribution < 1.29 is 27.5 Å². The van der Waals surface area contributed by atoms with Gasteiger partial charge in [-0.25, -0.2) is 0 Å². The molecule has 1 rings (SSSR count). The first-order chi connectivity index (χ1) is 9.87. The maximum Gasteiger partial charge on any atom is 0.413 e. The highest BCUT2D eigenvalue weighted by Crippen LogP contribution is 2.36. The third-order valence-electron chi connectivity index (χ3n) is 2.35. The zero-order chi connectivity index (χ0) is 15.9. The van der Waals surface area contributed by atoms with Crippen molar-refractivity contribution in [3.8, 4) is 11.5 Å². The molecule has 0 atom stereocenters. The average molecular weight is 372 g/mol. The maximum absolute atomic E-state index is 11.9. The molecule has 0 unspecified atom stereocenters. The molecule has 0 fully saturated rings. The van der Waals surface area contributed by atoms with E-state index >= 15 is 0 Å². The van der Waals surface area contributed by atoms with Crippen LogP contribution in [0.2, 0.25) is 0 Å². The minimum atomic E-state index is -4.36. The summed E-state index contributed by atoms with van der Waals surface area (Å²) in [6, 6.07) is 3.41. The fraction of sp³-hybridized carbons (Fsp3) is 0.538. The first kappa shape index (κ1) is 18.1. The Balaban J connectivity index is 2.65. The van der Waals surface area contributed by atoms with Crippen LogP contribution in [0.1, 0.15) is 18.9 Å². The number of benzene rings is 1. The first-order valence-corrected chi connectivity index (χ1v) is 7.07. The second kappa shape index (κ2) is 8.45. The van der Waals surface area contributed by atoms with Gasteiger partial charge < -0.3 is 9.47 Å². The molecule has 0 aliphatic heterocycles. The normalized spacial score (nSPS) is 11.5. The van der Waals surface area contributed by atoms with E-state index < -0.39 is 12.8 Å². The molecule has 0 aromatic heterocycles. The van der Waals surface area contributed by atoms with Crippen molar-refractivity contribution in [2.75, 3.05) is 20.3 Å². The third kappa shape index (κ3) is 6.54. The van der Waals surface area contributed by atoms with E-state index in [0.29, 0.717) is 28.1 Å². The Morgan fingerprint density at radius 1 is 1.29 bits per heavy atom. The number of methoxy groups -OCH3 is 1. The standard InChI is InChI=1S/C13H17BrF3NO3/c1-3-4-20-12-10(14)5-9(6-11(12)19-2)7-18-21-8-13(15,16)17/h5-6,18H,3-4,7-8H2,1-2H3. The van der Waals surface area contributed by atoms with E-state index in [1.54, 1.807) is 12.1 Å². The predicted molar refractivity (Wildman–Crippen MR) is 75.3 cm³/mol. The van der Waals surface area contributed by atoms with Crippen molar-refractivity contribution in [1.29, 1.82) is 0 Å². The lowest BCUT2D eigenvalue weighted by Crippen LogP contribution is -2.24. The Labute approximate surface area is 129 Å². The van der Waals surface area contributed by atoms with Crippen LogP contribution in [0, 0.1) is 0 Å². The van der Waals surface area contributed by atoms with Gasteiger partial charge in [0, 0.05) is 6.54 Å². The van der Waals surface area contributed by atoms with Gasteiger partial charge in [-0.05, 0) is 40.0 Å². The largest absolute Gasteiger partial charge is 0.493 e. The Kier molecular flexibility index (Phi) is 7.27. The fourth-order valence-corrected chi connectivity index (χ4v) is 2.09. The van der Waals surface area contributed by atoms with Gasteiger partial charge in [0.1, 0.15) is 0 Å². The molecule has 0 aliphatic carbocycles. The Bertz CT molecular complexity index is 455. The lowest BCUT2D eigenvalue weighted by molar-refractivity contribution is -0.190. The zero-order valence-electron chi connectivity index (χ0n) is 11.7. The summed E-state index contributed by atoms with van der Waals surface area (Å²) in [5.41, 5.74) is 2.96. The Morgan fingerprint density at radius 3 is 2.57 bits per heavy atom. The van der Waals surface area contributed by atoms with Crippen LogP contribution >= 0.6 is 15.9 Å². The molecule has 0 bridgehead atoms. The molecule has 0 spiro atoms. The molecule has 0 saturated carbocycles. The SMILES string of the molecule is CCCOc1c(Br)cc(CNOCC(F)(F)F)cc1OC. The van der Waals surface area contributed by atoms with Crippen molar-refractivity contribution in [2.24, 2.45) is 0 Å². The summed E-state index contributed by atoms with van der Waals surface area (Å²) in [5.74, 6) is 1.07. The van der Waals surface area contributed by atoms with Gasteiger partial charge in [-0.15, -0.1) is 0 Å². The van der Waals surface area contributed by atoms with Crippen molar-refractivity contribution in [3.05, 3.63) is 22.2 Å². The van der Waals surface area contributed by atoms with Crippen LogP contribution in [0.15, 0.2) is 16.6 Å². The van der Waals surface area contributed by atoms with Gasteiger partial charge in [0.15, 0.2) is 18.1 Å². The molecule has 0 radical (unpaired) electrons. The number of hydrogen-bond donors (Lipinski definition) is 1. The minimum absolute atomic E-state index is 0.110. The van der Waals surface area contributed by atoms with Gasteiger partial charge in [0.2, 0.25) is 0 Å². The lowest BCUT2D eigenvalue weighted by atomic mass is 10.2. The van der Waals surface area contributed by atoms with Crippen LogP contribution in [0.4, 0.5) is 13.2 Å². The fourth-order valence-electron chi connectivity index (χ4n) is 1.49. The third-order valence-corrected chi connectivity index (χ3v) is 2.94. The number of rotatable bonds is 8. The molecule has 1 aromatic rings. The minimum Gasteiger partial charge on any atom is -0.493 e.